The van der Waals surface area contributed by atoms with Crippen LogP contribution in [0.2, 0.25) is 0 Å². The zero-order valence-corrected chi connectivity index (χ0v) is 12.1. The van der Waals surface area contributed by atoms with Gasteiger partial charge in [0.05, 0.1) is 7.11 Å². The Morgan fingerprint density at radius 3 is 2.86 bits per heavy atom. The van der Waals surface area contributed by atoms with Gasteiger partial charge in [-0.25, -0.2) is 0 Å². The molecule has 5 nitrogen and oxygen atoms in total. The molecule has 2 aromatic rings. The van der Waals surface area contributed by atoms with Crippen LogP contribution in [0.1, 0.15) is 15.9 Å². The number of ether oxygens (including phenoxy) is 1. The molecule has 21 heavy (non-hydrogen) atoms. The van der Waals surface area contributed by atoms with Crippen LogP contribution < -0.4 is 15.6 Å². The number of amides is 1. The minimum absolute atomic E-state index is 0.158. The average molecular weight is 286 g/mol. The number of nitrogens with one attached hydrogen (secondary N) is 1. The summed E-state index contributed by atoms with van der Waals surface area (Å²) in [7, 11) is 3.24. The minimum atomic E-state index is -0.348. The third kappa shape index (κ3) is 3.72. The minimum Gasteiger partial charge on any atom is -0.497 e. The Morgan fingerprint density at radius 1 is 1.29 bits per heavy atom. The maximum Gasteiger partial charge on any atom is 0.263 e. The fraction of sp³-hybridized carbons (Fsp3) is 0.250. The van der Waals surface area contributed by atoms with Crippen molar-refractivity contribution in [2.24, 2.45) is 7.05 Å². The SMILES string of the molecule is COc1cccc(CCNC(=O)c2cccn(C)c2=O)c1. The highest BCUT2D eigenvalue weighted by atomic mass is 16.5. The maximum absolute atomic E-state index is 12.0. The summed E-state index contributed by atoms with van der Waals surface area (Å²) in [5.41, 5.74) is 0.928. The van der Waals surface area contributed by atoms with Crippen molar-refractivity contribution < 1.29 is 9.53 Å². The number of carbonyl (C=O) groups excluding carboxylic acids is 1. The number of hydrogen-bond acceptors (Lipinski definition) is 3. The zero-order chi connectivity index (χ0) is 15.2. The smallest absolute Gasteiger partial charge is 0.263 e. The lowest BCUT2D eigenvalue weighted by Crippen LogP contribution is -2.32. The van der Waals surface area contributed by atoms with Crippen LogP contribution in [0.15, 0.2) is 47.4 Å². The van der Waals surface area contributed by atoms with E-state index in [9.17, 15) is 9.59 Å². The van der Waals surface area contributed by atoms with Crippen LogP contribution in [-0.2, 0) is 13.5 Å². The van der Waals surface area contributed by atoms with E-state index in [1.54, 1.807) is 26.4 Å². The molecule has 0 spiro atoms. The number of aryl methyl sites for hydroxylation is 1. The highest BCUT2D eigenvalue weighted by molar-refractivity contribution is 5.93. The van der Waals surface area contributed by atoms with Crippen molar-refractivity contribution in [3.8, 4) is 5.75 Å². The normalized spacial score (nSPS) is 10.2. The highest BCUT2D eigenvalue weighted by Gasteiger charge is 2.10. The van der Waals surface area contributed by atoms with Crippen molar-refractivity contribution in [1.82, 2.24) is 9.88 Å². The van der Waals surface area contributed by atoms with E-state index < -0.39 is 0 Å². The lowest BCUT2D eigenvalue weighted by molar-refractivity contribution is 0.0952. The average Bonchev–Trinajstić information content (AvgIpc) is 2.50. The van der Waals surface area contributed by atoms with Gasteiger partial charge in [-0.05, 0) is 36.2 Å². The van der Waals surface area contributed by atoms with E-state index in [1.165, 1.54) is 10.6 Å². The molecule has 0 saturated carbocycles. The topological polar surface area (TPSA) is 60.3 Å². The van der Waals surface area contributed by atoms with Crippen molar-refractivity contribution in [2.75, 3.05) is 13.7 Å². The zero-order valence-electron chi connectivity index (χ0n) is 12.1. The van der Waals surface area contributed by atoms with Crippen molar-refractivity contribution >= 4 is 5.91 Å². The van der Waals surface area contributed by atoms with Crippen LogP contribution in [0.5, 0.6) is 5.75 Å². The molecule has 0 fully saturated rings. The van der Waals surface area contributed by atoms with Crippen LogP contribution in [-0.4, -0.2) is 24.1 Å². The molecular formula is C16H18N2O3. The molecule has 0 atom stereocenters. The number of aromatic nitrogens is 1. The summed E-state index contributed by atoms with van der Waals surface area (Å²) in [5.74, 6) is 0.440. The van der Waals surface area contributed by atoms with Gasteiger partial charge in [-0.3, -0.25) is 9.59 Å². The Kier molecular flexibility index (Phi) is 4.77. The predicted octanol–water partition coefficient (Wildman–Crippen LogP) is 1.37. The Bertz CT molecular complexity index is 692. The molecule has 0 aliphatic carbocycles. The molecule has 110 valence electrons. The second-order valence-electron chi connectivity index (χ2n) is 4.70. The molecule has 1 aromatic heterocycles. The highest BCUT2D eigenvalue weighted by Crippen LogP contribution is 2.12. The largest absolute Gasteiger partial charge is 0.497 e. The molecule has 1 heterocycles. The van der Waals surface area contributed by atoms with Gasteiger partial charge in [-0.1, -0.05) is 12.1 Å². The predicted molar refractivity (Wildman–Crippen MR) is 80.7 cm³/mol. The molecule has 1 aromatic carbocycles. The second-order valence-corrected chi connectivity index (χ2v) is 4.70. The molecule has 5 heteroatoms. The van der Waals surface area contributed by atoms with Crippen molar-refractivity contribution in [1.29, 1.82) is 0 Å². The molecule has 0 aliphatic heterocycles. The summed E-state index contributed by atoms with van der Waals surface area (Å²) in [6, 6.07) is 10.9. The van der Waals surface area contributed by atoms with E-state index in [1.807, 2.05) is 24.3 Å². The van der Waals surface area contributed by atoms with Crippen molar-refractivity contribution in [3.63, 3.8) is 0 Å². The van der Waals surface area contributed by atoms with E-state index in [0.717, 1.165) is 11.3 Å². The van der Waals surface area contributed by atoms with E-state index in [-0.39, 0.29) is 17.0 Å². The lowest BCUT2D eigenvalue weighted by atomic mass is 10.1. The van der Waals surface area contributed by atoms with E-state index >= 15 is 0 Å². The Labute approximate surface area is 123 Å². The molecule has 0 aliphatic rings. The molecule has 0 unspecified atom stereocenters. The summed E-state index contributed by atoms with van der Waals surface area (Å²) >= 11 is 0. The number of hydrogen-bond donors (Lipinski definition) is 1. The fourth-order valence-corrected chi connectivity index (χ4v) is 2.01. The van der Waals surface area contributed by atoms with Crippen molar-refractivity contribution in [2.45, 2.75) is 6.42 Å². The number of benzene rings is 1. The molecular weight excluding hydrogens is 268 g/mol. The molecule has 1 N–H and O–H groups in total. The number of methoxy groups -OCH3 is 1. The maximum atomic E-state index is 12.0. The van der Waals surface area contributed by atoms with Crippen LogP contribution >= 0.6 is 0 Å². The van der Waals surface area contributed by atoms with Gasteiger partial charge in [0.2, 0.25) is 0 Å². The first-order valence-electron chi connectivity index (χ1n) is 6.68. The first kappa shape index (κ1) is 14.8. The van der Waals surface area contributed by atoms with Crippen LogP contribution in [0.3, 0.4) is 0 Å². The van der Waals surface area contributed by atoms with Crippen molar-refractivity contribution in [3.05, 3.63) is 64.1 Å². The van der Waals surface area contributed by atoms with Gasteiger partial charge < -0.3 is 14.6 Å². The lowest BCUT2D eigenvalue weighted by Gasteiger charge is -2.07. The second kappa shape index (κ2) is 6.74. The summed E-state index contributed by atoms with van der Waals surface area (Å²) in [5, 5.41) is 2.76. The Hall–Kier alpha value is -2.56. The summed E-state index contributed by atoms with van der Waals surface area (Å²) in [4.78, 5) is 23.8. The number of nitrogens with zero attached hydrogens (tertiary/aromatic N) is 1. The number of carbonyl (C=O) groups is 1. The van der Waals surface area contributed by atoms with Gasteiger partial charge in [0.25, 0.3) is 11.5 Å². The first-order valence-corrected chi connectivity index (χ1v) is 6.68. The summed E-state index contributed by atoms with van der Waals surface area (Å²) in [6.07, 6.45) is 2.30. The Balaban J connectivity index is 1.95. The third-order valence-electron chi connectivity index (χ3n) is 3.20. The van der Waals surface area contributed by atoms with Gasteiger partial charge in [-0.2, -0.15) is 0 Å². The van der Waals surface area contributed by atoms with E-state index in [0.29, 0.717) is 13.0 Å². The van der Waals surface area contributed by atoms with Crippen LogP contribution in [0, 0.1) is 0 Å². The monoisotopic (exact) mass is 286 g/mol. The first-order chi connectivity index (χ1) is 10.1. The molecule has 2 rings (SSSR count). The molecule has 0 radical (unpaired) electrons. The number of rotatable bonds is 5. The van der Waals surface area contributed by atoms with Gasteiger partial charge in [0.15, 0.2) is 0 Å². The fourth-order valence-electron chi connectivity index (χ4n) is 2.01. The standard InChI is InChI=1S/C16H18N2O3/c1-18-10-4-7-14(16(18)20)15(19)17-9-8-12-5-3-6-13(11-12)21-2/h3-7,10-11H,8-9H2,1-2H3,(H,17,19). The summed E-state index contributed by atoms with van der Waals surface area (Å²) < 4.78 is 6.53. The number of pyridine rings is 1. The molecule has 0 bridgehead atoms. The third-order valence-corrected chi connectivity index (χ3v) is 3.20. The van der Waals surface area contributed by atoms with Crippen LogP contribution in [0.4, 0.5) is 0 Å². The summed E-state index contributed by atoms with van der Waals surface area (Å²) in [6.45, 7) is 0.462. The van der Waals surface area contributed by atoms with Gasteiger partial charge in [0.1, 0.15) is 11.3 Å². The van der Waals surface area contributed by atoms with Gasteiger partial charge in [0, 0.05) is 19.8 Å². The van der Waals surface area contributed by atoms with Crippen LogP contribution in [0.25, 0.3) is 0 Å². The van der Waals surface area contributed by atoms with Gasteiger partial charge >= 0.3 is 0 Å². The molecule has 1 amide bonds. The molecule has 0 saturated heterocycles. The Morgan fingerprint density at radius 2 is 2.10 bits per heavy atom. The quantitative estimate of drug-likeness (QED) is 0.903. The van der Waals surface area contributed by atoms with Gasteiger partial charge in [-0.15, -0.1) is 0 Å². The van der Waals surface area contributed by atoms with E-state index in [2.05, 4.69) is 5.32 Å². The van der Waals surface area contributed by atoms with E-state index in [4.69, 9.17) is 4.74 Å².